The summed E-state index contributed by atoms with van der Waals surface area (Å²) in [6.07, 6.45) is 4.35. The van der Waals surface area contributed by atoms with Crippen molar-refractivity contribution in [1.82, 2.24) is 9.88 Å². The number of oxazole rings is 1. The van der Waals surface area contributed by atoms with Gasteiger partial charge in [-0.25, -0.2) is 9.37 Å². The standard InChI is InChI=1S/C20H21FN2O4/c21-15-4-2-1-3-13(15)16-12-22-17(27-16)5-6-18(24)23-9-7-20(8-10-23)11-14(20)19(25)26/h1-4,12,14H,5-11H2,(H,25,26). The summed E-state index contributed by atoms with van der Waals surface area (Å²) >= 11 is 0. The van der Waals surface area contributed by atoms with E-state index in [4.69, 9.17) is 9.52 Å². The molecule has 2 aromatic rings. The lowest BCUT2D eigenvalue weighted by Gasteiger charge is -2.32. The molecular weight excluding hydrogens is 351 g/mol. The number of hydrogen-bond acceptors (Lipinski definition) is 4. The van der Waals surface area contributed by atoms with Crippen LogP contribution in [0.5, 0.6) is 0 Å². The number of carbonyl (C=O) groups is 2. The van der Waals surface area contributed by atoms with Gasteiger partial charge in [0.15, 0.2) is 11.7 Å². The quantitative estimate of drug-likeness (QED) is 0.872. The van der Waals surface area contributed by atoms with E-state index < -0.39 is 5.97 Å². The van der Waals surface area contributed by atoms with E-state index in [1.54, 1.807) is 23.1 Å². The lowest BCUT2D eigenvalue weighted by Crippen LogP contribution is -2.40. The molecule has 2 aliphatic rings. The molecule has 4 rings (SSSR count). The van der Waals surface area contributed by atoms with Crippen LogP contribution in [0.1, 0.15) is 31.6 Å². The van der Waals surface area contributed by atoms with Crippen molar-refractivity contribution in [2.24, 2.45) is 11.3 Å². The van der Waals surface area contributed by atoms with Crippen molar-refractivity contribution in [3.05, 3.63) is 42.2 Å². The second kappa shape index (κ2) is 6.79. The zero-order valence-electron chi connectivity index (χ0n) is 14.9. The normalized spacial score (nSPS) is 20.6. The molecule has 1 unspecified atom stereocenters. The predicted octanol–water partition coefficient (Wildman–Crippen LogP) is 3.13. The van der Waals surface area contributed by atoms with E-state index in [0.717, 1.165) is 19.3 Å². The molecule has 1 N–H and O–H groups in total. The van der Waals surface area contributed by atoms with Gasteiger partial charge in [-0.3, -0.25) is 9.59 Å². The van der Waals surface area contributed by atoms with E-state index in [0.29, 0.717) is 36.7 Å². The molecule has 6 nitrogen and oxygen atoms in total. The summed E-state index contributed by atoms with van der Waals surface area (Å²) in [4.78, 5) is 29.5. The number of aliphatic carboxylic acids is 1. The number of likely N-dealkylation sites (tertiary alicyclic amines) is 1. The van der Waals surface area contributed by atoms with Gasteiger partial charge in [0, 0.05) is 25.9 Å². The van der Waals surface area contributed by atoms with Gasteiger partial charge >= 0.3 is 5.97 Å². The summed E-state index contributed by atoms with van der Waals surface area (Å²) in [5.41, 5.74) is 0.265. The first-order chi connectivity index (χ1) is 13.0. The number of carbonyl (C=O) groups excluding carboxylic acids is 1. The molecule has 0 bridgehead atoms. The van der Waals surface area contributed by atoms with Crippen LogP contribution >= 0.6 is 0 Å². The maximum Gasteiger partial charge on any atom is 0.307 e. The van der Waals surface area contributed by atoms with Crippen molar-refractivity contribution in [2.45, 2.75) is 32.1 Å². The highest BCUT2D eigenvalue weighted by atomic mass is 19.1. The molecule has 1 aliphatic carbocycles. The average Bonchev–Trinajstić information content (AvgIpc) is 3.16. The molecule has 142 valence electrons. The van der Waals surface area contributed by atoms with Gasteiger partial charge in [0.2, 0.25) is 5.91 Å². The average molecular weight is 372 g/mol. The largest absolute Gasteiger partial charge is 0.481 e. The molecule has 1 aliphatic heterocycles. The van der Waals surface area contributed by atoms with Gasteiger partial charge in [0.1, 0.15) is 5.82 Å². The van der Waals surface area contributed by atoms with Crippen LogP contribution in [0, 0.1) is 17.2 Å². The Balaban J connectivity index is 1.29. The Morgan fingerprint density at radius 3 is 2.70 bits per heavy atom. The second-order valence-corrected chi connectivity index (χ2v) is 7.44. The highest BCUT2D eigenvalue weighted by Crippen LogP contribution is 2.59. The molecule has 1 saturated carbocycles. The smallest absolute Gasteiger partial charge is 0.307 e. The number of carboxylic acid groups (broad SMARTS) is 1. The maximum absolute atomic E-state index is 13.8. The molecular formula is C20H21FN2O4. The number of piperidine rings is 1. The van der Waals surface area contributed by atoms with Crippen LogP contribution in [-0.4, -0.2) is 40.0 Å². The molecule has 1 aromatic heterocycles. The topological polar surface area (TPSA) is 83.6 Å². The summed E-state index contributed by atoms with van der Waals surface area (Å²) in [5.74, 6) is -0.559. The van der Waals surface area contributed by atoms with E-state index in [1.165, 1.54) is 12.3 Å². The van der Waals surface area contributed by atoms with Gasteiger partial charge in [0.05, 0.1) is 17.7 Å². The summed E-state index contributed by atoms with van der Waals surface area (Å²) in [5, 5.41) is 9.14. The van der Waals surface area contributed by atoms with Gasteiger partial charge in [-0.2, -0.15) is 0 Å². The van der Waals surface area contributed by atoms with Gasteiger partial charge < -0.3 is 14.4 Å². The van der Waals surface area contributed by atoms with Crippen LogP contribution in [0.25, 0.3) is 11.3 Å². The minimum absolute atomic E-state index is 0.0167. The number of aromatic nitrogens is 1. The maximum atomic E-state index is 13.8. The van der Waals surface area contributed by atoms with E-state index in [2.05, 4.69) is 4.98 Å². The molecule has 1 amide bonds. The summed E-state index contributed by atoms with van der Waals surface area (Å²) < 4.78 is 19.4. The lowest BCUT2D eigenvalue weighted by atomic mass is 9.90. The van der Waals surface area contributed by atoms with Gasteiger partial charge in [-0.05, 0) is 36.8 Å². The van der Waals surface area contributed by atoms with Crippen molar-refractivity contribution < 1.29 is 23.5 Å². The Kier molecular flexibility index (Phi) is 4.45. The second-order valence-electron chi connectivity index (χ2n) is 7.44. The van der Waals surface area contributed by atoms with E-state index in [-0.39, 0.29) is 29.5 Å². The van der Waals surface area contributed by atoms with Crippen LogP contribution in [0.2, 0.25) is 0 Å². The molecule has 0 radical (unpaired) electrons. The van der Waals surface area contributed by atoms with E-state index in [1.807, 2.05) is 0 Å². The number of halogens is 1. The first kappa shape index (κ1) is 17.7. The zero-order chi connectivity index (χ0) is 19.0. The van der Waals surface area contributed by atoms with Gasteiger partial charge in [-0.15, -0.1) is 0 Å². The fourth-order valence-corrected chi connectivity index (χ4v) is 4.03. The van der Waals surface area contributed by atoms with Crippen molar-refractivity contribution in [3.8, 4) is 11.3 Å². The third kappa shape index (κ3) is 3.46. The number of aryl methyl sites for hydroxylation is 1. The van der Waals surface area contributed by atoms with Crippen molar-refractivity contribution in [2.75, 3.05) is 13.1 Å². The number of hydrogen-bond donors (Lipinski definition) is 1. The van der Waals surface area contributed by atoms with Crippen LogP contribution in [0.3, 0.4) is 0 Å². The van der Waals surface area contributed by atoms with Crippen LogP contribution < -0.4 is 0 Å². The Morgan fingerprint density at radius 2 is 2.04 bits per heavy atom. The van der Waals surface area contributed by atoms with E-state index in [9.17, 15) is 14.0 Å². The molecule has 2 fully saturated rings. The third-order valence-corrected chi connectivity index (χ3v) is 5.85. The summed E-state index contributed by atoms with van der Waals surface area (Å²) in [6, 6.07) is 6.31. The van der Waals surface area contributed by atoms with Crippen LogP contribution in [-0.2, 0) is 16.0 Å². The molecule has 1 saturated heterocycles. The SMILES string of the molecule is O=C(O)C1CC12CCN(C(=O)CCc1ncc(-c3ccccc3F)o1)CC2. The first-order valence-corrected chi connectivity index (χ1v) is 9.19. The Labute approximate surface area is 156 Å². The van der Waals surface area contributed by atoms with Crippen molar-refractivity contribution in [3.63, 3.8) is 0 Å². The number of benzene rings is 1. The number of nitrogens with zero attached hydrogens (tertiary/aromatic N) is 2. The molecule has 1 aromatic carbocycles. The number of carboxylic acids is 1. The summed E-state index contributed by atoms with van der Waals surface area (Å²) in [7, 11) is 0. The molecule has 1 spiro atoms. The minimum Gasteiger partial charge on any atom is -0.481 e. The van der Waals surface area contributed by atoms with Gasteiger partial charge in [0.25, 0.3) is 0 Å². The Morgan fingerprint density at radius 1 is 1.30 bits per heavy atom. The molecule has 7 heteroatoms. The Bertz CT molecular complexity index is 870. The van der Waals surface area contributed by atoms with Gasteiger partial charge in [-0.1, -0.05) is 12.1 Å². The Hall–Kier alpha value is -2.70. The minimum atomic E-state index is -0.718. The molecule has 2 heterocycles. The molecule has 1 atom stereocenters. The predicted molar refractivity (Wildman–Crippen MR) is 94.2 cm³/mol. The molecule has 27 heavy (non-hydrogen) atoms. The van der Waals surface area contributed by atoms with Crippen molar-refractivity contribution in [1.29, 1.82) is 0 Å². The van der Waals surface area contributed by atoms with E-state index >= 15 is 0 Å². The van der Waals surface area contributed by atoms with Crippen LogP contribution in [0.4, 0.5) is 4.39 Å². The number of amides is 1. The lowest BCUT2D eigenvalue weighted by molar-refractivity contribution is -0.139. The summed E-state index contributed by atoms with van der Waals surface area (Å²) in [6.45, 7) is 1.21. The fourth-order valence-electron chi connectivity index (χ4n) is 4.03. The fraction of sp³-hybridized carbons (Fsp3) is 0.450. The van der Waals surface area contributed by atoms with Crippen LogP contribution in [0.15, 0.2) is 34.9 Å². The monoisotopic (exact) mass is 372 g/mol. The number of rotatable bonds is 5. The third-order valence-electron chi connectivity index (χ3n) is 5.85. The highest BCUT2D eigenvalue weighted by Gasteiger charge is 2.59. The highest BCUT2D eigenvalue weighted by molar-refractivity contribution is 5.77. The van der Waals surface area contributed by atoms with Crippen molar-refractivity contribution >= 4 is 11.9 Å². The first-order valence-electron chi connectivity index (χ1n) is 9.19. The zero-order valence-corrected chi connectivity index (χ0v) is 14.9.